The van der Waals surface area contributed by atoms with Crippen molar-refractivity contribution in [3.8, 4) is 0 Å². The third-order valence-electron chi connectivity index (χ3n) is 4.94. The zero-order chi connectivity index (χ0) is 19.9. The van der Waals surface area contributed by atoms with E-state index in [2.05, 4.69) is 39.4 Å². The topological polar surface area (TPSA) is 42.9 Å². The van der Waals surface area contributed by atoms with Gasteiger partial charge in [0, 0.05) is 52.4 Å². The van der Waals surface area contributed by atoms with Crippen molar-refractivity contribution in [2.24, 2.45) is 4.99 Å². The van der Waals surface area contributed by atoms with Crippen LogP contribution in [0.1, 0.15) is 18.1 Å². The Kier molecular flexibility index (Phi) is 10.5. The minimum atomic E-state index is -4.29. The quantitative estimate of drug-likeness (QED) is 0.349. The van der Waals surface area contributed by atoms with E-state index in [1.165, 1.54) is 12.1 Å². The van der Waals surface area contributed by atoms with Gasteiger partial charge in [-0.2, -0.15) is 13.2 Å². The van der Waals surface area contributed by atoms with Crippen LogP contribution in [0.5, 0.6) is 0 Å². The first-order valence-electron chi connectivity index (χ1n) is 9.33. The maximum absolute atomic E-state index is 12.6. The van der Waals surface area contributed by atoms with Crippen LogP contribution in [0.4, 0.5) is 13.2 Å². The number of halogens is 4. The Morgan fingerprint density at radius 1 is 1.11 bits per heavy atom. The number of nitrogens with one attached hydrogen (secondary N) is 2. The Morgan fingerprint density at radius 3 is 2.25 bits per heavy atom. The second kappa shape index (κ2) is 11.8. The summed E-state index contributed by atoms with van der Waals surface area (Å²) < 4.78 is 37.8. The van der Waals surface area contributed by atoms with Crippen LogP contribution in [0.15, 0.2) is 29.3 Å². The minimum absolute atomic E-state index is 0. The van der Waals surface area contributed by atoms with Crippen LogP contribution in [-0.2, 0) is 12.6 Å². The molecule has 1 atom stereocenters. The summed E-state index contributed by atoms with van der Waals surface area (Å²) in [6.45, 7) is 7.92. The van der Waals surface area contributed by atoms with Crippen molar-refractivity contribution in [3.63, 3.8) is 0 Å². The van der Waals surface area contributed by atoms with Gasteiger partial charge in [-0.15, -0.1) is 24.0 Å². The lowest BCUT2D eigenvalue weighted by Crippen LogP contribution is -2.52. The molecule has 0 radical (unpaired) electrons. The van der Waals surface area contributed by atoms with E-state index in [9.17, 15) is 13.2 Å². The summed E-state index contributed by atoms with van der Waals surface area (Å²) in [5, 5.41) is 6.55. The van der Waals surface area contributed by atoms with E-state index in [-0.39, 0.29) is 24.0 Å². The summed E-state index contributed by atoms with van der Waals surface area (Å²) in [6, 6.07) is 5.71. The number of hydrogen-bond donors (Lipinski definition) is 2. The summed E-state index contributed by atoms with van der Waals surface area (Å²) in [7, 11) is 3.86. The first-order chi connectivity index (χ1) is 12.8. The van der Waals surface area contributed by atoms with Crippen molar-refractivity contribution in [2.45, 2.75) is 25.6 Å². The third-order valence-corrected chi connectivity index (χ3v) is 4.94. The summed E-state index contributed by atoms with van der Waals surface area (Å²) in [6.07, 6.45) is -3.66. The van der Waals surface area contributed by atoms with E-state index in [4.69, 9.17) is 0 Å². The number of rotatable bonds is 6. The minimum Gasteiger partial charge on any atom is -0.356 e. The molecule has 28 heavy (non-hydrogen) atoms. The molecule has 1 aliphatic heterocycles. The molecule has 2 N–H and O–H groups in total. The van der Waals surface area contributed by atoms with Gasteiger partial charge in [0.25, 0.3) is 0 Å². The third kappa shape index (κ3) is 8.12. The highest BCUT2D eigenvalue weighted by Gasteiger charge is 2.29. The van der Waals surface area contributed by atoms with E-state index >= 15 is 0 Å². The van der Waals surface area contributed by atoms with Crippen molar-refractivity contribution in [1.29, 1.82) is 0 Å². The smallest absolute Gasteiger partial charge is 0.356 e. The van der Waals surface area contributed by atoms with Gasteiger partial charge in [-0.1, -0.05) is 12.1 Å². The van der Waals surface area contributed by atoms with Crippen LogP contribution in [0.3, 0.4) is 0 Å². The molecular formula is C19H31F3IN5. The van der Waals surface area contributed by atoms with Gasteiger partial charge in [-0.05, 0) is 38.1 Å². The standard InChI is InChI=1S/C19H30F3N5.HI/c1-15(27-12-10-26(3)11-13-27)14-25-18(23-2)24-9-8-16-4-6-17(7-5-16)19(20,21)22;/h4-7,15H,8-14H2,1-3H3,(H2,23,24,25);1H. The van der Waals surface area contributed by atoms with Crippen molar-refractivity contribution in [2.75, 3.05) is 53.4 Å². The molecule has 160 valence electrons. The van der Waals surface area contributed by atoms with Crippen LogP contribution in [0.25, 0.3) is 0 Å². The molecule has 1 saturated heterocycles. The molecule has 0 saturated carbocycles. The highest BCUT2D eigenvalue weighted by atomic mass is 127. The predicted octanol–water partition coefficient (Wildman–Crippen LogP) is 2.67. The highest BCUT2D eigenvalue weighted by Crippen LogP contribution is 2.29. The number of likely N-dealkylation sites (N-methyl/N-ethyl adjacent to an activating group) is 1. The van der Waals surface area contributed by atoms with Gasteiger partial charge in [0.1, 0.15) is 0 Å². The number of piperazine rings is 1. The molecule has 2 rings (SSSR count). The van der Waals surface area contributed by atoms with E-state index in [1.54, 1.807) is 7.05 Å². The first-order valence-corrected chi connectivity index (χ1v) is 9.33. The Morgan fingerprint density at radius 2 is 1.71 bits per heavy atom. The lowest BCUT2D eigenvalue weighted by molar-refractivity contribution is -0.137. The Bertz CT molecular complexity index is 599. The van der Waals surface area contributed by atoms with E-state index < -0.39 is 11.7 Å². The van der Waals surface area contributed by atoms with Gasteiger partial charge < -0.3 is 15.5 Å². The van der Waals surface area contributed by atoms with Crippen LogP contribution in [-0.4, -0.2) is 75.2 Å². The molecule has 1 unspecified atom stereocenters. The van der Waals surface area contributed by atoms with Crippen LogP contribution >= 0.6 is 24.0 Å². The van der Waals surface area contributed by atoms with Crippen LogP contribution in [0.2, 0.25) is 0 Å². The monoisotopic (exact) mass is 513 g/mol. The van der Waals surface area contributed by atoms with Crippen LogP contribution < -0.4 is 10.6 Å². The van der Waals surface area contributed by atoms with Gasteiger partial charge in [-0.25, -0.2) is 0 Å². The largest absolute Gasteiger partial charge is 0.416 e. The number of alkyl halides is 3. The van der Waals surface area contributed by atoms with Crippen molar-refractivity contribution >= 4 is 29.9 Å². The molecule has 0 amide bonds. The molecule has 9 heteroatoms. The molecule has 1 fully saturated rings. The number of hydrogen-bond acceptors (Lipinski definition) is 3. The Hall–Kier alpha value is -1.07. The molecule has 1 aliphatic rings. The fourth-order valence-corrected chi connectivity index (χ4v) is 3.04. The average molecular weight is 513 g/mol. The fraction of sp³-hybridized carbons (Fsp3) is 0.632. The second-order valence-corrected chi connectivity index (χ2v) is 7.01. The summed E-state index contributed by atoms with van der Waals surface area (Å²) >= 11 is 0. The summed E-state index contributed by atoms with van der Waals surface area (Å²) in [4.78, 5) is 9.01. The van der Waals surface area contributed by atoms with Gasteiger partial charge in [0.15, 0.2) is 5.96 Å². The van der Waals surface area contributed by atoms with Crippen LogP contribution in [0, 0.1) is 0 Å². The summed E-state index contributed by atoms with van der Waals surface area (Å²) in [5.74, 6) is 0.711. The maximum Gasteiger partial charge on any atom is 0.416 e. The predicted molar refractivity (Wildman–Crippen MR) is 118 cm³/mol. The Balaban J connectivity index is 0.00000392. The SMILES string of the molecule is CN=C(NCCc1ccc(C(F)(F)F)cc1)NCC(C)N1CCN(C)CC1.I. The van der Waals surface area contributed by atoms with E-state index in [1.807, 2.05) is 0 Å². The molecule has 1 aromatic carbocycles. The number of benzene rings is 1. The van der Waals surface area contributed by atoms with Gasteiger partial charge >= 0.3 is 6.18 Å². The van der Waals surface area contributed by atoms with Gasteiger partial charge in [0.2, 0.25) is 0 Å². The molecule has 0 bridgehead atoms. The van der Waals surface area contributed by atoms with Crippen molar-refractivity contribution in [3.05, 3.63) is 35.4 Å². The maximum atomic E-state index is 12.6. The van der Waals surface area contributed by atoms with Crippen molar-refractivity contribution < 1.29 is 13.2 Å². The first kappa shape index (κ1) is 25.0. The van der Waals surface area contributed by atoms with Gasteiger partial charge in [-0.3, -0.25) is 9.89 Å². The Labute approximate surface area is 182 Å². The highest BCUT2D eigenvalue weighted by molar-refractivity contribution is 14.0. The molecular weight excluding hydrogens is 482 g/mol. The fourth-order valence-electron chi connectivity index (χ4n) is 3.04. The molecule has 0 aromatic heterocycles. The zero-order valence-corrected chi connectivity index (χ0v) is 19.1. The lowest BCUT2D eigenvalue weighted by Gasteiger charge is -2.36. The normalized spacial score (nSPS) is 17.7. The second-order valence-electron chi connectivity index (χ2n) is 7.01. The molecule has 1 aromatic rings. The van der Waals surface area contributed by atoms with E-state index in [0.717, 1.165) is 50.4 Å². The zero-order valence-electron chi connectivity index (χ0n) is 16.7. The molecule has 0 spiro atoms. The number of guanidine groups is 1. The molecule has 5 nitrogen and oxygen atoms in total. The van der Waals surface area contributed by atoms with E-state index in [0.29, 0.717) is 25.0 Å². The number of aliphatic imine (C=N–C) groups is 1. The lowest BCUT2D eigenvalue weighted by atomic mass is 10.1. The summed E-state index contributed by atoms with van der Waals surface area (Å²) in [5.41, 5.74) is 0.242. The average Bonchev–Trinajstić information content (AvgIpc) is 2.64. The molecule has 0 aliphatic carbocycles. The number of nitrogens with zero attached hydrogens (tertiary/aromatic N) is 3. The molecule has 1 heterocycles. The van der Waals surface area contributed by atoms with Crippen molar-refractivity contribution in [1.82, 2.24) is 20.4 Å². The van der Waals surface area contributed by atoms with Gasteiger partial charge in [0.05, 0.1) is 5.56 Å².